The van der Waals surface area contributed by atoms with Crippen LogP contribution in [0, 0.1) is 17.2 Å². The first-order chi connectivity index (χ1) is 9.54. The van der Waals surface area contributed by atoms with E-state index in [-0.39, 0.29) is 5.56 Å². The lowest BCUT2D eigenvalue weighted by Gasteiger charge is -2.38. The Morgan fingerprint density at radius 2 is 2.10 bits per heavy atom. The molecule has 1 aliphatic carbocycles. The lowest BCUT2D eigenvalue weighted by molar-refractivity contribution is 0.0697. The maximum absolute atomic E-state index is 11.0. The summed E-state index contributed by atoms with van der Waals surface area (Å²) in [5.74, 6) is -0.402. The number of aromatic carboxylic acids is 1. The fourth-order valence-electron chi connectivity index (χ4n) is 3.12. The highest BCUT2D eigenvalue weighted by Crippen LogP contribution is 2.32. The molecular formula is C16H20N2O2. The molecule has 0 heterocycles. The van der Waals surface area contributed by atoms with Gasteiger partial charge in [0.25, 0.3) is 0 Å². The van der Waals surface area contributed by atoms with Crippen LogP contribution in [0.25, 0.3) is 0 Å². The van der Waals surface area contributed by atoms with Crippen molar-refractivity contribution >= 4 is 11.7 Å². The fourth-order valence-corrected chi connectivity index (χ4v) is 3.12. The third-order valence-electron chi connectivity index (χ3n) is 4.31. The molecule has 2 atom stereocenters. The van der Waals surface area contributed by atoms with Crippen LogP contribution in [0.5, 0.6) is 0 Å². The topological polar surface area (TPSA) is 64.3 Å². The van der Waals surface area contributed by atoms with Crippen molar-refractivity contribution in [3.05, 3.63) is 29.3 Å². The summed E-state index contributed by atoms with van der Waals surface area (Å²) in [5, 5.41) is 18.3. The minimum Gasteiger partial charge on any atom is -0.478 e. The minimum absolute atomic E-state index is 0.162. The second-order valence-corrected chi connectivity index (χ2v) is 5.59. The first-order valence-corrected chi connectivity index (χ1v) is 7.05. The average Bonchev–Trinajstić information content (AvgIpc) is 2.46. The first-order valence-electron chi connectivity index (χ1n) is 7.05. The molecule has 0 bridgehead atoms. The van der Waals surface area contributed by atoms with Crippen molar-refractivity contribution in [2.75, 3.05) is 11.9 Å². The van der Waals surface area contributed by atoms with Crippen LogP contribution < -0.4 is 4.90 Å². The van der Waals surface area contributed by atoms with E-state index in [1.54, 1.807) is 12.1 Å². The summed E-state index contributed by atoms with van der Waals surface area (Å²) >= 11 is 0. The average molecular weight is 272 g/mol. The van der Waals surface area contributed by atoms with E-state index in [0.717, 1.165) is 12.1 Å². The van der Waals surface area contributed by atoms with E-state index in [2.05, 4.69) is 17.9 Å². The molecule has 0 aliphatic heterocycles. The van der Waals surface area contributed by atoms with E-state index >= 15 is 0 Å². The van der Waals surface area contributed by atoms with Gasteiger partial charge in [0.1, 0.15) is 6.07 Å². The van der Waals surface area contributed by atoms with E-state index in [9.17, 15) is 10.1 Å². The van der Waals surface area contributed by atoms with Gasteiger partial charge in [0.05, 0.1) is 16.8 Å². The number of hydrogen-bond donors (Lipinski definition) is 1. The standard InChI is InChI=1S/C16H20N2O2/c1-11-5-3-4-6-14(11)18(2)15-8-7-12(16(19)20)9-13(15)10-17/h7-9,11,14H,3-6H2,1-2H3,(H,19,20). The first kappa shape index (κ1) is 14.4. The van der Waals surface area contributed by atoms with Gasteiger partial charge in [-0.3, -0.25) is 0 Å². The molecule has 0 saturated heterocycles. The Hall–Kier alpha value is -2.02. The normalized spacial score (nSPS) is 22.1. The molecule has 20 heavy (non-hydrogen) atoms. The van der Waals surface area contributed by atoms with Crippen molar-refractivity contribution in [2.45, 2.75) is 38.6 Å². The number of hydrogen-bond acceptors (Lipinski definition) is 3. The summed E-state index contributed by atoms with van der Waals surface area (Å²) in [6.45, 7) is 2.25. The molecule has 106 valence electrons. The molecular weight excluding hydrogens is 252 g/mol. The molecule has 0 radical (unpaired) electrons. The van der Waals surface area contributed by atoms with Gasteiger partial charge in [-0.15, -0.1) is 0 Å². The number of benzene rings is 1. The highest BCUT2D eigenvalue weighted by atomic mass is 16.4. The zero-order valence-corrected chi connectivity index (χ0v) is 12.0. The molecule has 2 rings (SSSR count). The van der Waals surface area contributed by atoms with Gasteiger partial charge in [0.15, 0.2) is 0 Å². The Kier molecular flexibility index (Phi) is 4.29. The highest BCUT2D eigenvalue weighted by Gasteiger charge is 2.26. The number of carbonyl (C=O) groups is 1. The van der Waals surface area contributed by atoms with Gasteiger partial charge in [-0.2, -0.15) is 5.26 Å². The van der Waals surface area contributed by atoms with Crippen LogP contribution in [0.15, 0.2) is 18.2 Å². The Balaban J connectivity index is 2.32. The number of rotatable bonds is 3. The second kappa shape index (κ2) is 5.96. The molecule has 1 aromatic carbocycles. The number of carboxylic acid groups (broad SMARTS) is 1. The molecule has 0 aromatic heterocycles. The lowest BCUT2D eigenvalue weighted by atomic mass is 9.84. The number of anilines is 1. The third-order valence-corrected chi connectivity index (χ3v) is 4.31. The van der Waals surface area contributed by atoms with Gasteiger partial charge in [0.2, 0.25) is 0 Å². The van der Waals surface area contributed by atoms with Gasteiger partial charge in [0, 0.05) is 13.1 Å². The SMILES string of the molecule is CC1CCCCC1N(C)c1ccc(C(=O)O)cc1C#N. The van der Waals surface area contributed by atoms with Gasteiger partial charge in [-0.25, -0.2) is 4.79 Å². The van der Waals surface area contributed by atoms with Gasteiger partial charge >= 0.3 is 5.97 Å². The van der Waals surface area contributed by atoms with Crippen LogP contribution >= 0.6 is 0 Å². The molecule has 4 heteroatoms. The predicted molar refractivity (Wildman–Crippen MR) is 77.9 cm³/mol. The van der Waals surface area contributed by atoms with Crippen molar-refractivity contribution in [1.82, 2.24) is 0 Å². The maximum atomic E-state index is 11.0. The largest absolute Gasteiger partial charge is 0.478 e. The van der Waals surface area contributed by atoms with Crippen molar-refractivity contribution < 1.29 is 9.90 Å². The van der Waals surface area contributed by atoms with E-state index in [1.165, 1.54) is 25.3 Å². The Morgan fingerprint density at radius 1 is 1.40 bits per heavy atom. The van der Waals surface area contributed by atoms with Gasteiger partial charge in [-0.1, -0.05) is 19.8 Å². The maximum Gasteiger partial charge on any atom is 0.335 e. The molecule has 1 saturated carbocycles. The zero-order valence-electron chi connectivity index (χ0n) is 12.0. The monoisotopic (exact) mass is 272 g/mol. The highest BCUT2D eigenvalue weighted by molar-refractivity contribution is 5.89. The van der Waals surface area contributed by atoms with E-state index < -0.39 is 5.97 Å². The fraction of sp³-hybridized carbons (Fsp3) is 0.500. The Labute approximate surface area is 119 Å². The molecule has 4 nitrogen and oxygen atoms in total. The Bertz CT molecular complexity index is 548. The van der Waals surface area contributed by atoms with Crippen molar-refractivity contribution in [2.24, 2.45) is 5.92 Å². The van der Waals surface area contributed by atoms with Crippen LogP contribution in [0.3, 0.4) is 0 Å². The zero-order chi connectivity index (χ0) is 14.7. The van der Waals surface area contributed by atoms with Crippen molar-refractivity contribution in [3.63, 3.8) is 0 Å². The molecule has 1 N–H and O–H groups in total. The summed E-state index contributed by atoms with van der Waals surface area (Å²) in [5.41, 5.74) is 1.43. The third kappa shape index (κ3) is 2.77. The van der Waals surface area contributed by atoms with Crippen molar-refractivity contribution in [3.8, 4) is 6.07 Å². The van der Waals surface area contributed by atoms with E-state index in [1.807, 2.05) is 7.05 Å². The molecule has 0 spiro atoms. The molecule has 2 unspecified atom stereocenters. The van der Waals surface area contributed by atoms with Crippen LogP contribution in [0.4, 0.5) is 5.69 Å². The smallest absolute Gasteiger partial charge is 0.335 e. The van der Waals surface area contributed by atoms with Crippen LogP contribution in [0.2, 0.25) is 0 Å². The number of carboxylic acids is 1. The lowest BCUT2D eigenvalue weighted by Crippen LogP contribution is -2.39. The van der Waals surface area contributed by atoms with Gasteiger partial charge in [-0.05, 0) is 37.0 Å². The number of nitriles is 1. The van der Waals surface area contributed by atoms with Crippen molar-refractivity contribution in [1.29, 1.82) is 5.26 Å². The summed E-state index contributed by atoms with van der Waals surface area (Å²) in [4.78, 5) is 13.1. The van der Waals surface area contributed by atoms with Crippen LogP contribution in [-0.4, -0.2) is 24.2 Å². The molecule has 1 aliphatic rings. The van der Waals surface area contributed by atoms with E-state index in [0.29, 0.717) is 17.5 Å². The molecule has 1 aromatic rings. The predicted octanol–water partition coefficient (Wildman–Crippen LogP) is 3.27. The summed E-state index contributed by atoms with van der Waals surface area (Å²) in [6, 6.07) is 7.33. The minimum atomic E-state index is -0.998. The summed E-state index contributed by atoms with van der Waals surface area (Å²) < 4.78 is 0. The van der Waals surface area contributed by atoms with Crippen LogP contribution in [0.1, 0.15) is 48.5 Å². The second-order valence-electron chi connectivity index (χ2n) is 5.59. The van der Waals surface area contributed by atoms with Gasteiger partial charge < -0.3 is 10.0 Å². The summed E-state index contributed by atoms with van der Waals surface area (Å²) in [6.07, 6.45) is 4.83. The van der Waals surface area contributed by atoms with Crippen LogP contribution in [-0.2, 0) is 0 Å². The van der Waals surface area contributed by atoms with E-state index in [4.69, 9.17) is 5.11 Å². The Morgan fingerprint density at radius 3 is 2.70 bits per heavy atom. The molecule has 1 fully saturated rings. The number of nitrogens with zero attached hydrogens (tertiary/aromatic N) is 2. The quantitative estimate of drug-likeness (QED) is 0.917. The molecule has 0 amide bonds. The summed E-state index contributed by atoms with van der Waals surface area (Å²) in [7, 11) is 2.00.